The van der Waals surface area contributed by atoms with Crippen LogP contribution in [-0.4, -0.2) is 20.9 Å². The number of halogens is 4. The van der Waals surface area contributed by atoms with Crippen molar-refractivity contribution in [1.29, 1.82) is 0 Å². The molecule has 0 saturated carbocycles. The second-order valence-corrected chi connectivity index (χ2v) is 7.70. The first-order valence-corrected chi connectivity index (χ1v) is 9.46. The molecule has 148 valence electrons. The SMILES string of the molecule is O=C1NC(=O)/C(=C/c2ccc3c(cnn3Cc3ccc(C(F)(F)F)cc3Cl)c2)S1. The monoisotopic (exact) mass is 437 g/mol. The predicted octanol–water partition coefficient (Wildman–Crippen LogP) is 5.08. The first-order valence-electron chi connectivity index (χ1n) is 8.27. The van der Waals surface area contributed by atoms with Crippen molar-refractivity contribution in [3.8, 4) is 0 Å². The molecule has 0 spiro atoms. The van der Waals surface area contributed by atoms with Gasteiger partial charge in [0.1, 0.15) is 0 Å². The van der Waals surface area contributed by atoms with Gasteiger partial charge in [-0.3, -0.25) is 19.6 Å². The standard InChI is InChI=1S/C19H11ClF3N3O2S/c20-14-7-13(19(21,22)23)3-2-11(14)9-26-15-4-1-10(5-12(15)8-24-26)6-16-17(27)25-18(28)29-16/h1-8H,9H2,(H,25,27,28)/b16-6-. The van der Waals surface area contributed by atoms with Crippen molar-refractivity contribution in [3.05, 3.63) is 69.2 Å². The van der Waals surface area contributed by atoms with Gasteiger partial charge < -0.3 is 0 Å². The van der Waals surface area contributed by atoms with Gasteiger partial charge in [-0.25, -0.2) is 0 Å². The fraction of sp³-hybridized carbons (Fsp3) is 0.105. The minimum atomic E-state index is -4.45. The molecule has 0 aliphatic carbocycles. The highest BCUT2D eigenvalue weighted by Crippen LogP contribution is 2.32. The van der Waals surface area contributed by atoms with Gasteiger partial charge in [-0.1, -0.05) is 23.7 Å². The second kappa shape index (κ2) is 7.23. The topological polar surface area (TPSA) is 64.0 Å². The van der Waals surface area contributed by atoms with Crippen LogP contribution < -0.4 is 5.32 Å². The van der Waals surface area contributed by atoms with Crippen LogP contribution in [0.5, 0.6) is 0 Å². The average molecular weight is 438 g/mol. The van der Waals surface area contributed by atoms with E-state index >= 15 is 0 Å². The normalized spacial score (nSPS) is 16.1. The van der Waals surface area contributed by atoms with Gasteiger partial charge in [0.25, 0.3) is 11.1 Å². The fourth-order valence-corrected chi connectivity index (χ4v) is 3.83. The molecule has 5 nitrogen and oxygen atoms in total. The highest BCUT2D eigenvalue weighted by atomic mass is 35.5. The second-order valence-electron chi connectivity index (χ2n) is 6.28. The molecule has 1 aromatic heterocycles. The zero-order chi connectivity index (χ0) is 20.8. The molecule has 1 saturated heterocycles. The van der Waals surface area contributed by atoms with Gasteiger partial charge >= 0.3 is 6.18 Å². The summed E-state index contributed by atoms with van der Waals surface area (Å²) in [5.74, 6) is -0.437. The van der Waals surface area contributed by atoms with Crippen molar-refractivity contribution in [1.82, 2.24) is 15.1 Å². The summed E-state index contributed by atoms with van der Waals surface area (Å²) in [5, 5.41) is 6.85. The van der Waals surface area contributed by atoms with E-state index in [4.69, 9.17) is 11.6 Å². The van der Waals surface area contributed by atoms with Crippen molar-refractivity contribution in [2.24, 2.45) is 0 Å². The predicted molar refractivity (Wildman–Crippen MR) is 104 cm³/mol. The number of hydrogen-bond acceptors (Lipinski definition) is 4. The van der Waals surface area contributed by atoms with E-state index < -0.39 is 22.9 Å². The van der Waals surface area contributed by atoms with Gasteiger partial charge in [-0.15, -0.1) is 0 Å². The van der Waals surface area contributed by atoms with Gasteiger partial charge in [-0.05, 0) is 53.2 Å². The number of thioether (sulfide) groups is 1. The molecule has 10 heteroatoms. The van der Waals surface area contributed by atoms with Crippen molar-refractivity contribution < 1.29 is 22.8 Å². The number of hydrogen-bond donors (Lipinski definition) is 1. The maximum atomic E-state index is 12.8. The number of nitrogens with one attached hydrogen (secondary N) is 1. The summed E-state index contributed by atoms with van der Waals surface area (Å²) < 4.78 is 40.0. The Labute approximate surface area is 171 Å². The van der Waals surface area contributed by atoms with Crippen LogP contribution in [0.25, 0.3) is 17.0 Å². The summed E-state index contributed by atoms with van der Waals surface area (Å²) in [5.41, 5.74) is 1.18. The minimum Gasteiger partial charge on any atom is -0.282 e. The van der Waals surface area contributed by atoms with Crippen LogP contribution >= 0.6 is 23.4 Å². The zero-order valence-electron chi connectivity index (χ0n) is 14.5. The van der Waals surface area contributed by atoms with Gasteiger partial charge in [-0.2, -0.15) is 18.3 Å². The lowest BCUT2D eigenvalue weighted by molar-refractivity contribution is -0.137. The Hall–Kier alpha value is -2.78. The molecule has 0 unspecified atom stereocenters. The number of aromatic nitrogens is 2. The number of nitrogens with zero attached hydrogens (tertiary/aromatic N) is 2. The molecule has 3 aromatic rings. The molecular weight excluding hydrogens is 427 g/mol. The Morgan fingerprint density at radius 2 is 1.97 bits per heavy atom. The molecule has 0 radical (unpaired) electrons. The van der Waals surface area contributed by atoms with Crippen LogP contribution in [0.4, 0.5) is 18.0 Å². The summed E-state index contributed by atoms with van der Waals surface area (Å²) >= 11 is 6.86. The highest BCUT2D eigenvalue weighted by molar-refractivity contribution is 8.18. The number of benzene rings is 2. The summed E-state index contributed by atoms with van der Waals surface area (Å²) in [7, 11) is 0. The van der Waals surface area contributed by atoms with E-state index in [1.54, 1.807) is 35.2 Å². The van der Waals surface area contributed by atoms with Gasteiger partial charge in [0, 0.05) is 10.4 Å². The third kappa shape index (κ3) is 4.01. The first-order chi connectivity index (χ1) is 13.7. The molecular formula is C19H11ClF3N3O2S. The van der Waals surface area contributed by atoms with Crippen molar-refractivity contribution in [2.45, 2.75) is 12.7 Å². The van der Waals surface area contributed by atoms with Crippen molar-refractivity contribution in [2.75, 3.05) is 0 Å². The molecule has 4 rings (SSSR count). The zero-order valence-corrected chi connectivity index (χ0v) is 16.0. The maximum Gasteiger partial charge on any atom is 0.416 e. The summed E-state index contributed by atoms with van der Waals surface area (Å²) in [6.07, 6.45) is -1.23. The third-order valence-electron chi connectivity index (χ3n) is 4.31. The van der Waals surface area contributed by atoms with Crippen LogP contribution in [0.3, 0.4) is 0 Å². The number of alkyl halides is 3. The molecule has 2 heterocycles. The van der Waals surface area contributed by atoms with Crippen LogP contribution in [0.2, 0.25) is 5.02 Å². The van der Waals surface area contributed by atoms with Crippen LogP contribution in [0, 0.1) is 0 Å². The summed E-state index contributed by atoms with van der Waals surface area (Å²) in [4.78, 5) is 23.2. The maximum absolute atomic E-state index is 12.8. The number of rotatable bonds is 3. The molecule has 0 bridgehead atoms. The molecule has 1 aliphatic heterocycles. The largest absolute Gasteiger partial charge is 0.416 e. The van der Waals surface area contributed by atoms with E-state index in [-0.39, 0.29) is 11.6 Å². The van der Waals surface area contributed by atoms with Crippen LogP contribution in [0.15, 0.2) is 47.5 Å². The van der Waals surface area contributed by atoms with E-state index in [1.165, 1.54) is 6.07 Å². The summed E-state index contributed by atoms with van der Waals surface area (Å²) in [6.45, 7) is 0.202. The van der Waals surface area contributed by atoms with E-state index in [2.05, 4.69) is 10.4 Å². The molecule has 29 heavy (non-hydrogen) atoms. The van der Waals surface area contributed by atoms with E-state index in [1.807, 2.05) is 0 Å². The smallest absolute Gasteiger partial charge is 0.282 e. The third-order valence-corrected chi connectivity index (χ3v) is 5.47. The lowest BCUT2D eigenvalue weighted by Gasteiger charge is -2.10. The lowest BCUT2D eigenvalue weighted by atomic mass is 10.1. The van der Waals surface area contributed by atoms with Gasteiger partial charge in [0.05, 0.1) is 28.7 Å². The van der Waals surface area contributed by atoms with Crippen LogP contribution in [-0.2, 0) is 17.5 Å². The molecule has 2 aromatic carbocycles. The number of carbonyl (C=O) groups excluding carboxylic acids is 2. The van der Waals surface area contributed by atoms with E-state index in [0.29, 0.717) is 10.5 Å². The van der Waals surface area contributed by atoms with Gasteiger partial charge in [0.2, 0.25) is 0 Å². The van der Waals surface area contributed by atoms with Crippen molar-refractivity contribution in [3.63, 3.8) is 0 Å². The Bertz CT molecular complexity index is 1190. The molecule has 1 fully saturated rings. The van der Waals surface area contributed by atoms with E-state index in [9.17, 15) is 22.8 Å². The number of fused-ring (bicyclic) bond motifs is 1. The molecule has 2 amide bonds. The quantitative estimate of drug-likeness (QED) is 0.580. The van der Waals surface area contributed by atoms with Crippen LogP contribution in [0.1, 0.15) is 16.7 Å². The Kier molecular flexibility index (Phi) is 4.87. The molecule has 1 N–H and O–H groups in total. The Morgan fingerprint density at radius 3 is 2.62 bits per heavy atom. The van der Waals surface area contributed by atoms with Crippen molar-refractivity contribution >= 4 is 51.5 Å². The highest BCUT2D eigenvalue weighted by Gasteiger charge is 2.31. The molecule has 0 atom stereocenters. The Morgan fingerprint density at radius 1 is 1.17 bits per heavy atom. The molecule has 1 aliphatic rings. The number of amides is 2. The fourth-order valence-electron chi connectivity index (χ4n) is 2.91. The first kappa shape index (κ1) is 19.5. The number of carbonyl (C=O) groups is 2. The number of imide groups is 1. The average Bonchev–Trinajstić information content (AvgIpc) is 3.18. The van der Waals surface area contributed by atoms with E-state index in [0.717, 1.165) is 40.4 Å². The Balaban J connectivity index is 1.61. The minimum absolute atomic E-state index is 0.0127. The van der Waals surface area contributed by atoms with Gasteiger partial charge in [0.15, 0.2) is 0 Å². The summed E-state index contributed by atoms with van der Waals surface area (Å²) in [6, 6.07) is 8.58. The lowest BCUT2D eigenvalue weighted by Crippen LogP contribution is -2.17.